The minimum atomic E-state index is -0.165. The number of benzene rings is 1. The Kier molecular flexibility index (Phi) is 7.71. The second-order valence-corrected chi connectivity index (χ2v) is 10.1. The second kappa shape index (κ2) is 10.2. The lowest BCUT2D eigenvalue weighted by molar-refractivity contribution is -0.118. The number of carbonyl (C=O) groups excluding carboxylic acids is 1. The summed E-state index contributed by atoms with van der Waals surface area (Å²) in [6.45, 7) is 1.87. The van der Waals surface area contributed by atoms with Crippen LogP contribution >= 0.6 is 57.8 Å². The first-order valence-electron chi connectivity index (χ1n) is 7.81. The van der Waals surface area contributed by atoms with Gasteiger partial charge in [-0.3, -0.25) is 4.79 Å². The lowest BCUT2D eigenvalue weighted by Gasteiger charge is -2.00. The third kappa shape index (κ3) is 6.62. The summed E-state index contributed by atoms with van der Waals surface area (Å²) in [6.07, 6.45) is 0. The second-order valence-electron chi connectivity index (χ2n) is 5.25. The Balaban J connectivity index is 1.43. The van der Waals surface area contributed by atoms with Gasteiger partial charge in [0.15, 0.2) is 8.68 Å². The number of nitrogens with one attached hydrogen (secondary N) is 1. The zero-order valence-corrected chi connectivity index (χ0v) is 18.2. The Labute approximate surface area is 178 Å². The summed E-state index contributed by atoms with van der Waals surface area (Å²) in [7, 11) is 0. The number of aromatic nitrogens is 2. The van der Waals surface area contributed by atoms with Gasteiger partial charge in [0, 0.05) is 15.7 Å². The molecule has 2 aromatic heterocycles. The van der Waals surface area contributed by atoms with Gasteiger partial charge in [0.25, 0.3) is 5.91 Å². The van der Waals surface area contributed by atoms with Crippen LogP contribution in [0.5, 0.6) is 0 Å². The minimum Gasteiger partial charge on any atom is -0.272 e. The number of hydrogen-bond acceptors (Lipinski definition) is 8. The van der Waals surface area contributed by atoms with Crippen molar-refractivity contribution in [2.24, 2.45) is 5.10 Å². The molecule has 0 aliphatic carbocycles. The highest BCUT2D eigenvalue weighted by Gasteiger charge is 2.09. The Morgan fingerprint density at radius 3 is 2.63 bits per heavy atom. The predicted molar refractivity (Wildman–Crippen MR) is 116 cm³/mol. The van der Waals surface area contributed by atoms with Crippen LogP contribution in [-0.2, 0) is 10.5 Å². The third-order valence-corrected chi connectivity index (χ3v) is 7.71. The first-order valence-corrected chi connectivity index (χ1v) is 11.9. The maximum Gasteiger partial charge on any atom is 0.250 e. The Hall–Kier alpha value is -1.39. The molecule has 0 spiro atoms. The number of rotatable bonds is 8. The van der Waals surface area contributed by atoms with Gasteiger partial charge in [0.1, 0.15) is 0 Å². The van der Waals surface area contributed by atoms with Crippen molar-refractivity contribution in [3.05, 3.63) is 57.2 Å². The molecule has 1 amide bonds. The van der Waals surface area contributed by atoms with Crippen LogP contribution in [-0.4, -0.2) is 27.6 Å². The minimum absolute atomic E-state index is 0.165. The fourth-order valence-electron chi connectivity index (χ4n) is 1.88. The number of carbonyl (C=O) groups is 1. The molecule has 10 heteroatoms. The van der Waals surface area contributed by atoms with Crippen molar-refractivity contribution in [2.45, 2.75) is 21.4 Å². The molecule has 0 atom stereocenters. The Morgan fingerprint density at radius 1 is 1.19 bits per heavy atom. The van der Waals surface area contributed by atoms with E-state index in [4.69, 9.17) is 11.6 Å². The van der Waals surface area contributed by atoms with Crippen LogP contribution in [0.3, 0.4) is 0 Å². The molecule has 0 bridgehead atoms. The van der Waals surface area contributed by atoms with E-state index in [0.29, 0.717) is 0 Å². The molecule has 0 unspecified atom stereocenters. The lowest BCUT2D eigenvalue weighted by Crippen LogP contribution is -2.20. The first-order chi connectivity index (χ1) is 13.1. The summed E-state index contributed by atoms with van der Waals surface area (Å²) in [5.41, 5.74) is 4.54. The van der Waals surface area contributed by atoms with Gasteiger partial charge >= 0.3 is 0 Å². The van der Waals surface area contributed by atoms with Gasteiger partial charge in [-0.2, -0.15) is 5.10 Å². The highest BCUT2D eigenvalue weighted by molar-refractivity contribution is 8.03. The van der Waals surface area contributed by atoms with Crippen LogP contribution in [0.15, 0.2) is 55.6 Å². The molecule has 0 saturated carbocycles. The number of nitrogens with zero attached hydrogens (tertiary/aromatic N) is 3. The van der Waals surface area contributed by atoms with Crippen molar-refractivity contribution in [3.8, 4) is 0 Å². The summed E-state index contributed by atoms with van der Waals surface area (Å²) in [5, 5.41) is 15.1. The summed E-state index contributed by atoms with van der Waals surface area (Å²) in [5.74, 6) is 0.882. The maximum atomic E-state index is 11.9. The van der Waals surface area contributed by atoms with Crippen LogP contribution in [0.4, 0.5) is 0 Å². The molecule has 3 rings (SSSR count). The number of thioether (sulfide) groups is 2. The van der Waals surface area contributed by atoms with Crippen LogP contribution in [0.25, 0.3) is 0 Å². The predicted octanol–water partition coefficient (Wildman–Crippen LogP) is 5.18. The van der Waals surface area contributed by atoms with Gasteiger partial charge in [-0.1, -0.05) is 64.7 Å². The highest BCUT2D eigenvalue weighted by Crippen LogP contribution is 2.30. The molecule has 1 aromatic carbocycles. The number of thiophene rings is 1. The lowest BCUT2D eigenvalue weighted by atomic mass is 10.2. The van der Waals surface area contributed by atoms with Gasteiger partial charge < -0.3 is 0 Å². The van der Waals surface area contributed by atoms with E-state index < -0.39 is 0 Å². The Morgan fingerprint density at radius 2 is 1.93 bits per heavy atom. The van der Waals surface area contributed by atoms with Crippen LogP contribution in [0, 0.1) is 0 Å². The van der Waals surface area contributed by atoms with Gasteiger partial charge in [-0.25, -0.2) is 5.43 Å². The fraction of sp³-hybridized carbons (Fsp3) is 0.176. The van der Waals surface area contributed by atoms with Gasteiger partial charge in [0.2, 0.25) is 0 Å². The van der Waals surface area contributed by atoms with Crippen molar-refractivity contribution >= 4 is 69.4 Å². The van der Waals surface area contributed by atoms with Crippen LogP contribution in [0.2, 0.25) is 5.02 Å². The zero-order chi connectivity index (χ0) is 19.1. The summed E-state index contributed by atoms with van der Waals surface area (Å²) in [4.78, 5) is 13.0. The maximum absolute atomic E-state index is 11.9. The normalized spacial score (nSPS) is 11.6. The largest absolute Gasteiger partial charge is 0.272 e. The van der Waals surface area contributed by atoms with Crippen molar-refractivity contribution in [1.29, 1.82) is 0 Å². The van der Waals surface area contributed by atoms with Crippen LogP contribution in [0.1, 0.15) is 17.4 Å². The van der Waals surface area contributed by atoms with E-state index in [1.807, 2.05) is 48.7 Å². The zero-order valence-electron chi connectivity index (χ0n) is 14.2. The van der Waals surface area contributed by atoms with Crippen molar-refractivity contribution < 1.29 is 4.79 Å². The standard InChI is InChI=1S/C17H15ClN4OS4/c1-11(14-3-2-8-24-14)19-20-15(23)10-26-17-22-21-16(27-17)25-9-12-4-6-13(18)7-5-12/h2-8H,9-10H2,1H3,(H,20,23). The molecule has 0 radical (unpaired) electrons. The molecule has 5 nitrogen and oxygen atoms in total. The smallest absolute Gasteiger partial charge is 0.250 e. The quantitative estimate of drug-likeness (QED) is 0.288. The number of amides is 1. The topological polar surface area (TPSA) is 67.2 Å². The molecule has 0 aliphatic rings. The number of halogens is 1. The molecular weight excluding hydrogens is 440 g/mol. The third-order valence-electron chi connectivity index (χ3n) is 3.22. The summed E-state index contributed by atoms with van der Waals surface area (Å²) >= 11 is 11.9. The fourth-order valence-corrected chi connectivity index (χ4v) is 5.46. The average molecular weight is 455 g/mol. The average Bonchev–Trinajstić information content (AvgIpc) is 3.36. The SMILES string of the molecule is CC(=NNC(=O)CSc1nnc(SCc2ccc(Cl)cc2)s1)c1cccs1. The van der Waals surface area contributed by atoms with Crippen molar-refractivity contribution in [2.75, 3.05) is 5.75 Å². The van der Waals surface area contributed by atoms with E-state index >= 15 is 0 Å². The molecular formula is C17H15ClN4OS4. The van der Waals surface area contributed by atoms with E-state index in [1.54, 1.807) is 23.1 Å². The van der Waals surface area contributed by atoms with E-state index in [9.17, 15) is 4.79 Å². The van der Waals surface area contributed by atoms with Gasteiger partial charge in [-0.05, 0) is 36.1 Å². The van der Waals surface area contributed by atoms with Gasteiger partial charge in [0.05, 0.1) is 11.5 Å². The van der Waals surface area contributed by atoms with E-state index in [1.165, 1.54) is 28.7 Å². The molecule has 0 aliphatic heterocycles. The molecule has 27 heavy (non-hydrogen) atoms. The molecule has 3 aromatic rings. The Bertz CT molecular complexity index is 909. The van der Waals surface area contributed by atoms with E-state index in [2.05, 4.69) is 20.7 Å². The highest BCUT2D eigenvalue weighted by atomic mass is 35.5. The number of hydrazone groups is 1. The van der Waals surface area contributed by atoms with Gasteiger partial charge in [-0.15, -0.1) is 21.5 Å². The molecule has 1 N–H and O–H groups in total. The van der Waals surface area contributed by atoms with Crippen LogP contribution < -0.4 is 5.43 Å². The molecule has 0 fully saturated rings. The van der Waals surface area contributed by atoms with E-state index in [0.717, 1.165) is 30.0 Å². The monoisotopic (exact) mass is 454 g/mol. The molecule has 2 heterocycles. The summed E-state index contributed by atoms with van der Waals surface area (Å²) in [6, 6.07) is 11.7. The summed E-state index contributed by atoms with van der Waals surface area (Å²) < 4.78 is 1.64. The molecule has 140 valence electrons. The molecule has 0 saturated heterocycles. The first kappa shape index (κ1) is 20.3. The van der Waals surface area contributed by atoms with Crippen molar-refractivity contribution in [1.82, 2.24) is 15.6 Å². The number of hydrogen-bond donors (Lipinski definition) is 1. The van der Waals surface area contributed by atoms with Crippen molar-refractivity contribution in [3.63, 3.8) is 0 Å². The van der Waals surface area contributed by atoms with E-state index in [-0.39, 0.29) is 11.7 Å².